The Morgan fingerprint density at radius 2 is 1.62 bits per heavy atom. The normalized spacial score (nSPS) is 11.7. The van der Waals surface area contributed by atoms with Crippen LogP contribution in [0, 0.1) is 27.7 Å². The second-order valence-corrected chi connectivity index (χ2v) is 8.96. The maximum Gasteiger partial charge on any atom is 0.263 e. The lowest BCUT2D eigenvalue weighted by Crippen LogP contribution is -2.16. The van der Waals surface area contributed by atoms with Crippen molar-refractivity contribution < 1.29 is 8.42 Å². The average molecular weight is 407 g/mol. The predicted octanol–water partition coefficient (Wildman–Crippen LogP) is 4.45. The Morgan fingerprint density at radius 3 is 2.34 bits per heavy atom. The molecule has 6 nitrogen and oxygen atoms in total. The van der Waals surface area contributed by atoms with Gasteiger partial charge in [-0.1, -0.05) is 29.8 Å². The zero-order chi connectivity index (χ0) is 20.8. The molecule has 4 rings (SSSR count). The fourth-order valence-electron chi connectivity index (χ4n) is 3.48. The van der Waals surface area contributed by atoms with Crippen LogP contribution in [0.15, 0.2) is 59.5 Å². The first-order valence-corrected chi connectivity index (χ1v) is 10.8. The molecule has 0 spiro atoms. The molecule has 0 aliphatic rings. The second kappa shape index (κ2) is 7.00. The maximum absolute atomic E-state index is 12.8. The number of sulfonamides is 1. The molecule has 148 valence electrons. The molecule has 0 unspecified atom stereocenters. The smallest absolute Gasteiger partial charge is 0.263 e. The van der Waals surface area contributed by atoms with Crippen LogP contribution in [0.4, 0.5) is 5.82 Å². The van der Waals surface area contributed by atoms with Crippen molar-refractivity contribution in [3.8, 4) is 5.82 Å². The van der Waals surface area contributed by atoms with Gasteiger partial charge in [-0.3, -0.25) is 4.72 Å². The highest BCUT2D eigenvalue weighted by Crippen LogP contribution is 2.26. The zero-order valence-electron chi connectivity index (χ0n) is 16.8. The second-order valence-electron chi connectivity index (χ2n) is 7.28. The number of aryl methyl sites for hydroxylation is 4. The van der Waals surface area contributed by atoms with Crippen molar-refractivity contribution in [2.24, 2.45) is 0 Å². The van der Waals surface area contributed by atoms with E-state index in [1.165, 1.54) is 5.56 Å². The molecule has 1 N–H and O–H groups in total. The van der Waals surface area contributed by atoms with E-state index in [0.717, 1.165) is 22.0 Å². The summed E-state index contributed by atoms with van der Waals surface area (Å²) in [6.45, 7) is 7.93. The van der Waals surface area contributed by atoms with Crippen molar-refractivity contribution in [2.45, 2.75) is 32.6 Å². The van der Waals surface area contributed by atoms with E-state index in [2.05, 4.69) is 28.9 Å². The molecular weight excluding hydrogens is 384 g/mol. The standard InChI is InChI=1S/C22H22N4O2S/c1-14-10-16(3)22-19(11-14)15(2)12-20(23-22)26-21(13-17(4)24-26)25-29(27,28)18-8-6-5-7-9-18/h5-13,25H,1-4H3. The minimum absolute atomic E-state index is 0.194. The van der Waals surface area contributed by atoms with Gasteiger partial charge in [-0.15, -0.1) is 0 Å². The first kappa shape index (κ1) is 19.1. The molecule has 0 saturated carbocycles. The highest BCUT2D eigenvalue weighted by atomic mass is 32.2. The van der Waals surface area contributed by atoms with E-state index in [0.29, 0.717) is 17.3 Å². The van der Waals surface area contributed by atoms with E-state index in [4.69, 9.17) is 4.98 Å². The number of fused-ring (bicyclic) bond motifs is 1. The summed E-state index contributed by atoms with van der Waals surface area (Å²) in [6.07, 6.45) is 0. The summed E-state index contributed by atoms with van der Waals surface area (Å²) >= 11 is 0. The molecule has 0 radical (unpaired) electrons. The zero-order valence-corrected chi connectivity index (χ0v) is 17.6. The largest absolute Gasteiger partial charge is 0.263 e. The van der Waals surface area contributed by atoms with Crippen LogP contribution in [0.2, 0.25) is 0 Å². The van der Waals surface area contributed by atoms with Crippen LogP contribution in [-0.2, 0) is 10.0 Å². The first-order valence-electron chi connectivity index (χ1n) is 9.28. The number of benzene rings is 2. The van der Waals surface area contributed by atoms with E-state index in [9.17, 15) is 8.42 Å². The highest BCUT2D eigenvalue weighted by Gasteiger charge is 2.19. The van der Waals surface area contributed by atoms with E-state index >= 15 is 0 Å². The molecule has 2 aromatic carbocycles. The summed E-state index contributed by atoms with van der Waals surface area (Å²) < 4.78 is 29.8. The van der Waals surface area contributed by atoms with Gasteiger partial charge in [0.15, 0.2) is 5.82 Å². The topological polar surface area (TPSA) is 76.9 Å². The van der Waals surface area contributed by atoms with Crippen molar-refractivity contribution in [3.05, 3.63) is 77.0 Å². The number of pyridine rings is 1. The summed E-state index contributed by atoms with van der Waals surface area (Å²) in [5.74, 6) is 0.920. The van der Waals surface area contributed by atoms with Crippen molar-refractivity contribution in [1.82, 2.24) is 14.8 Å². The number of hydrogen-bond donors (Lipinski definition) is 1. The van der Waals surface area contributed by atoms with Gasteiger partial charge in [0, 0.05) is 11.5 Å². The monoisotopic (exact) mass is 406 g/mol. The van der Waals surface area contributed by atoms with Crippen LogP contribution >= 0.6 is 0 Å². The quantitative estimate of drug-likeness (QED) is 0.543. The van der Waals surface area contributed by atoms with Gasteiger partial charge < -0.3 is 0 Å². The Bertz CT molecular complexity index is 1330. The lowest BCUT2D eigenvalue weighted by molar-refractivity contribution is 0.600. The van der Waals surface area contributed by atoms with Crippen molar-refractivity contribution in [1.29, 1.82) is 0 Å². The van der Waals surface area contributed by atoms with Crippen LogP contribution in [0.25, 0.3) is 16.7 Å². The minimum Gasteiger partial charge on any atom is -0.263 e. The Hall–Kier alpha value is -3.19. The van der Waals surface area contributed by atoms with Gasteiger partial charge in [0.05, 0.1) is 16.1 Å². The fourth-order valence-corrected chi connectivity index (χ4v) is 4.53. The molecule has 0 aliphatic carbocycles. The molecule has 29 heavy (non-hydrogen) atoms. The average Bonchev–Trinajstić information content (AvgIpc) is 3.02. The molecule has 2 heterocycles. The van der Waals surface area contributed by atoms with Crippen LogP contribution in [0.1, 0.15) is 22.4 Å². The molecule has 0 aliphatic heterocycles. The molecule has 0 bridgehead atoms. The van der Waals surface area contributed by atoms with E-state index < -0.39 is 10.0 Å². The Kier molecular flexibility index (Phi) is 4.62. The van der Waals surface area contributed by atoms with Gasteiger partial charge >= 0.3 is 0 Å². The van der Waals surface area contributed by atoms with Crippen LogP contribution in [-0.4, -0.2) is 23.2 Å². The first-order chi connectivity index (χ1) is 13.7. The third-order valence-corrected chi connectivity index (χ3v) is 6.15. The number of anilines is 1. The molecule has 0 amide bonds. The summed E-state index contributed by atoms with van der Waals surface area (Å²) in [4.78, 5) is 4.98. The molecule has 4 aromatic rings. The number of hydrogen-bond acceptors (Lipinski definition) is 4. The summed E-state index contributed by atoms with van der Waals surface area (Å²) in [5.41, 5.74) is 4.88. The lowest BCUT2D eigenvalue weighted by atomic mass is 10.0. The molecular formula is C22H22N4O2S. The maximum atomic E-state index is 12.8. The van der Waals surface area contributed by atoms with Crippen LogP contribution in [0.5, 0.6) is 0 Å². The highest BCUT2D eigenvalue weighted by molar-refractivity contribution is 7.92. The lowest BCUT2D eigenvalue weighted by Gasteiger charge is -2.13. The number of aromatic nitrogens is 3. The van der Waals surface area contributed by atoms with E-state index in [1.54, 1.807) is 41.1 Å². The summed E-state index contributed by atoms with van der Waals surface area (Å²) in [5, 5.41) is 5.57. The number of nitrogens with one attached hydrogen (secondary N) is 1. The third-order valence-electron chi connectivity index (χ3n) is 4.78. The van der Waals surface area contributed by atoms with E-state index in [-0.39, 0.29) is 4.90 Å². The predicted molar refractivity (Wildman–Crippen MR) is 115 cm³/mol. The number of nitrogens with zero attached hydrogens (tertiary/aromatic N) is 3. The molecule has 0 atom stereocenters. The van der Waals surface area contributed by atoms with E-state index in [1.807, 2.05) is 26.8 Å². The summed E-state index contributed by atoms with van der Waals surface area (Å²) in [6, 6.07) is 16.1. The van der Waals surface area contributed by atoms with Crippen LogP contribution in [0.3, 0.4) is 0 Å². The number of rotatable bonds is 4. The van der Waals surface area contributed by atoms with Gasteiger partial charge in [0.25, 0.3) is 10.0 Å². The molecule has 7 heteroatoms. The SMILES string of the molecule is Cc1cc(C)c2nc(-n3nc(C)cc3NS(=O)(=O)c3ccccc3)cc(C)c2c1. The van der Waals surface area contributed by atoms with Crippen molar-refractivity contribution >= 4 is 26.7 Å². The Balaban J connectivity index is 1.84. The van der Waals surface area contributed by atoms with Crippen molar-refractivity contribution in [2.75, 3.05) is 4.72 Å². The van der Waals surface area contributed by atoms with Gasteiger partial charge in [-0.2, -0.15) is 9.78 Å². The van der Waals surface area contributed by atoms with Gasteiger partial charge in [0.1, 0.15) is 5.82 Å². The van der Waals surface area contributed by atoms with Crippen molar-refractivity contribution in [3.63, 3.8) is 0 Å². The van der Waals surface area contributed by atoms with Gasteiger partial charge in [0.2, 0.25) is 0 Å². The molecule has 0 fully saturated rings. The third kappa shape index (κ3) is 3.61. The fraction of sp³-hybridized carbons (Fsp3) is 0.182. The Morgan fingerprint density at radius 1 is 0.897 bits per heavy atom. The molecule has 2 aromatic heterocycles. The summed E-state index contributed by atoms with van der Waals surface area (Å²) in [7, 11) is -3.74. The van der Waals surface area contributed by atoms with Gasteiger partial charge in [-0.05, 0) is 63.1 Å². The Labute approximate surface area is 170 Å². The van der Waals surface area contributed by atoms with Crippen LogP contribution < -0.4 is 4.72 Å². The molecule has 0 saturated heterocycles. The van der Waals surface area contributed by atoms with Gasteiger partial charge in [-0.25, -0.2) is 13.4 Å². The minimum atomic E-state index is -3.74.